The van der Waals surface area contributed by atoms with Crippen LogP contribution in [0.3, 0.4) is 0 Å². The normalized spacial score (nSPS) is 23.4. The highest BCUT2D eigenvalue weighted by Gasteiger charge is 1.86. The average molecular weight is 138 g/mol. The van der Waals surface area contributed by atoms with Crippen molar-refractivity contribution in [3.8, 4) is 0 Å². The van der Waals surface area contributed by atoms with E-state index in [9.17, 15) is 0 Å². The molecule has 0 N–H and O–H groups in total. The van der Waals surface area contributed by atoms with Gasteiger partial charge in [0.2, 0.25) is 0 Å². The van der Waals surface area contributed by atoms with Crippen molar-refractivity contribution in [1.82, 2.24) is 0 Å². The van der Waals surface area contributed by atoms with Gasteiger partial charge >= 0.3 is 0 Å². The first-order valence-electron chi connectivity index (χ1n) is 3.00. The molecule has 1 aliphatic rings. The first-order chi connectivity index (χ1) is 4.43. The Balaban J connectivity index is 2.78. The Labute approximate surface area is 58.5 Å². The number of hydrogen-bond acceptors (Lipinski definition) is 0. The molecule has 9 heavy (non-hydrogen) atoms. The van der Waals surface area contributed by atoms with E-state index in [0.29, 0.717) is 0 Å². The van der Waals surface area contributed by atoms with Crippen molar-refractivity contribution in [2.75, 3.05) is 5.75 Å². The largest absolute Gasteiger partial charge is 0.115 e. The van der Waals surface area contributed by atoms with Crippen molar-refractivity contribution in [2.45, 2.75) is 6.92 Å². The van der Waals surface area contributed by atoms with Gasteiger partial charge in [-0.1, -0.05) is 23.3 Å². The van der Waals surface area contributed by atoms with Crippen LogP contribution < -0.4 is 0 Å². The van der Waals surface area contributed by atoms with Gasteiger partial charge in [0.25, 0.3) is 0 Å². The standard InChI is InChI=1S/C8H10S/c1-2-6-9-7-4-3-5-8-9/h2-5,7H,8H2,1H3. The molecule has 1 heteroatoms. The van der Waals surface area contributed by atoms with E-state index in [1.54, 1.807) is 0 Å². The molecule has 1 rings (SSSR count). The molecule has 0 aromatic carbocycles. The Morgan fingerprint density at radius 1 is 1.56 bits per heavy atom. The molecule has 0 radical (unpaired) electrons. The molecule has 1 unspecified atom stereocenters. The van der Waals surface area contributed by atoms with Gasteiger partial charge in [0, 0.05) is 5.75 Å². The van der Waals surface area contributed by atoms with Gasteiger partial charge in [0.15, 0.2) is 0 Å². The minimum absolute atomic E-state index is 0.282. The van der Waals surface area contributed by atoms with E-state index in [0.717, 1.165) is 5.75 Å². The van der Waals surface area contributed by atoms with Crippen LogP contribution in [-0.4, -0.2) is 10.8 Å². The predicted octanol–water partition coefficient (Wildman–Crippen LogP) is 2.32. The molecular weight excluding hydrogens is 128 g/mol. The van der Waals surface area contributed by atoms with E-state index in [1.165, 1.54) is 0 Å². The second-order valence-electron chi connectivity index (χ2n) is 1.76. The van der Waals surface area contributed by atoms with Crippen LogP contribution in [0.5, 0.6) is 0 Å². The zero-order valence-electron chi connectivity index (χ0n) is 5.50. The Morgan fingerprint density at radius 3 is 3.00 bits per heavy atom. The van der Waals surface area contributed by atoms with E-state index in [2.05, 4.69) is 28.7 Å². The van der Waals surface area contributed by atoms with Crippen molar-refractivity contribution in [2.24, 2.45) is 0 Å². The summed E-state index contributed by atoms with van der Waals surface area (Å²) in [5.41, 5.74) is 0. The Bertz CT molecular complexity index is 203. The summed E-state index contributed by atoms with van der Waals surface area (Å²) in [6.45, 7) is 2.01. The fourth-order valence-electron chi connectivity index (χ4n) is 0.672. The van der Waals surface area contributed by atoms with Crippen LogP contribution in [-0.2, 0) is 0 Å². The summed E-state index contributed by atoms with van der Waals surface area (Å²) < 4.78 is 0. The van der Waals surface area contributed by atoms with Gasteiger partial charge in [0.1, 0.15) is 0 Å². The number of hydrogen-bond donors (Lipinski definition) is 0. The summed E-state index contributed by atoms with van der Waals surface area (Å²) in [6, 6.07) is 0. The number of allylic oxidation sites excluding steroid dienone is 3. The fourth-order valence-corrected chi connectivity index (χ4v) is 1.86. The molecule has 0 aromatic heterocycles. The highest BCUT2D eigenvalue weighted by Crippen LogP contribution is 2.15. The van der Waals surface area contributed by atoms with Gasteiger partial charge < -0.3 is 0 Å². The molecule has 48 valence electrons. The van der Waals surface area contributed by atoms with Gasteiger partial charge in [-0.3, -0.25) is 0 Å². The van der Waals surface area contributed by atoms with Crippen LogP contribution in [0.25, 0.3) is 0 Å². The van der Waals surface area contributed by atoms with Crippen molar-refractivity contribution in [1.29, 1.82) is 0 Å². The molecule has 0 saturated heterocycles. The molecule has 0 fully saturated rings. The summed E-state index contributed by atoms with van der Waals surface area (Å²) >= 11 is 0. The van der Waals surface area contributed by atoms with E-state index in [1.807, 2.05) is 13.0 Å². The van der Waals surface area contributed by atoms with Gasteiger partial charge in [0.05, 0.1) is 0 Å². The topological polar surface area (TPSA) is 0 Å². The van der Waals surface area contributed by atoms with Crippen LogP contribution in [0.2, 0.25) is 0 Å². The van der Waals surface area contributed by atoms with Crippen LogP contribution in [0.1, 0.15) is 6.92 Å². The highest BCUT2D eigenvalue weighted by atomic mass is 32.2. The summed E-state index contributed by atoms with van der Waals surface area (Å²) in [7, 11) is 0.282. The van der Waals surface area contributed by atoms with Crippen LogP contribution >= 0.6 is 10.5 Å². The van der Waals surface area contributed by atoms with Gasteiger partial charge in [-0.2, -0.15) is 0 Å². The SMILES string of the molecule is CC=C=S1C=CC=CC1. The molecule has 0 amide bonds. The molecule has 0 aliphatic carbocycles. The Morgan fingerprint density at radius 2 is 2.44 bits per heavy atom. The molecule has 0 saturated carbocycles. The molecule has 1 aliphatic heterocycles. The second kappa shape index (κ2) is 3.49. The first-order valence-corrected chi connectivity index (χ1v) is 4.46. The summed E-state index contributed by atoms with van der Waals surface area (Å²) in [5, 5.41) is 5.44. The molecular formula is C8H10S. The van der Waals surface area contributed by atoms with Crippen molar-refractivity contribution in [3.05, 3.63) is 29.7 Å². The molecule has 0 aromatic rings. The van der Waals surface area contributed by atoms with Crippen molar-refractivity contribution < 1.29 is 0 Å². The predicted molar refractivity (Wildman–Crippen MR) is 46.0 cm³/mol. The maximum Gasteiger partial charge on any atom is 0.0174 e. The molecule has 1 atom stereocenters. The van der Waals surface area contributed by atoms with E-state index in [4.69, 9.17) is 0 Å². The monoisotopic (exact) mass is 138 g/mol. The molecule has 1 heterocycles. The first kappa shape index (κ1) is 6.60. The maximum atomic E-state index is 3.25. The van der Waals surface area contributed by atoms with Crippen LogP contribution in [0.15, 0.2) is 29.7 Å². The van der Waals surface area contributed by atoms with Crippen LogP contribution in [0, 0.1) is 0 Å². The zero-order chi connectivity index (χ0) is 6.53. The van der Waals surface area contributed by atoms with Gasteiger partial charge in [-0.25, -0.2) is 0 Å². The van der Waals surface area contributed by atoms with Crippen LogP contribution in [0.4, 0.5) is 0 Å². The lowest BCUT2D eigenvalue weighted by molar-refractivity contribution is 1.74. The van der Waals surface area contributed by atoms with E-state index < -0.39 is 0 Å². The van der Waals surface area contributed by atoms with E-state index >= 15 is 0 Å². The fraction of sp³-hybridized carbons (Fsp3) is 0.250. The number of rotatable bonds is 0. The minimum Gasteiger partial charge on any atom is -0.115 e. The minimum atomic E-state index is 0.282. The lowest BCUT2D eigenvalue weighted by atomic mass is 10.5. The summed E-state index contributed by atoms with van der Waals surface area (Å²) in [5.74, 6) is 1.14. The third-order valence-corrected chi connectivity index (χ3v) is 2.61. The maximum absolute atomic E-state index is 3.25. The Kier molecular flexibility index (Phi) is 2.56. The summed E-state index contributed by atoms with van der Waals surface area (Å²) in [6.07, 6.45) is 8.34. The van der Waals surface area contributed by atoms with Crippen molar-refractivity contribution >= 4 is 15.5 Å². The average Bonchev–Trinajstić information content (AvgIpc) is 1.91. The quantitative estimate of drug-likeness (QED) is 0.451. The smallest absolute Gasteiger partial charge is 0.0174 e. The third kappa shape index (κ3) is 2.05. The lowest BCUT2D eigenvalue weighted by Gasteiger charge is -1.97. The molecule has 0 bridgehead atoms. The van der Waals surface area contributed by atoms with E-state index in [-0.39, 0.29) is 10.5 Å². The molecule has 0 spiro atoms. The Hall–Kier alpha value is -0.520. The summed E-state index contributed by atoms with van der Waals surface area (Å²) in [4.78, 5) is 0. The zero-order valence-corrected chi connectivity index (χ0v) is 6.32. The molecule has 0 nitrogen and oxygen atoms in total. The lowest BCUT2D eigenvalue weighted by Crippen LogP contribution is -1.75. The van der Waals surface area contributed by atoms with Crippen molar-refractivity contribution in [3.63, 3.8) is 0 Å². The highest BCUT2D eigenvalue weighted by molar-refractivity contribution is 8.17. The van der Waals surface area contributed by atoms with Gasteiger partial charge in [-0.05, 0) is 18.4 Å². The second-order valence-corrected chi connectivity index (χ2v) is 3.46. The van der Waals surface area contributed by atoms with Gasteiger partial charge in [-0.15, -0.1) is 10.5 Å². The third-order valence-electron chi connectivity index (χ3n) is 1.04.